The molecule has 1 aromatic heterocycles. The quantitative estimate of drug-likeness (QED) is 0.489. The molecule has 3 rings (SSSR count). The molecular formula is C19H19ClN2O2S3. The summed E-state index contributed by atoms with van der Waals surface area (Å²) in [6, 6.07) is 13.4. The van der Waals surface area contributed by atoms with Crippen LogP contribution in [0.2, 0.25) is 5.02 Å². The number of thioether (sulfide) groups is 2. The van der Waals surface area contributed by atoms with Crippen molar-refractivity contribution in [2.24, 2.45) is 4.99 Å². The smallest absolute Gasteiger partial charge is 0.258 e. The van der Waals surface area contributed by atoms with E-state index in [2.05, 4.69) is 15.8 Å². The molecule has 0 N–H and O–H groups in total. The van der Waals surface area contributed by atoms with Crippen LogP contribution in [0.3, 0.4) is 0 Å². The summed E-state index contributed by atoms with van der Waals surface area (Å²) in [6.07, 6.45) is 2.07. The number of aromatic nitrogens is 1. The minimum absolute atomic E-state index is 0.147. The Morgan fingerprint density at radius 1 is 1.26 bits per heavy atom. The van der Waals surface area contributed by atoms with Crippen LogP contribution >= 0.6 is 46.5 Å². The highest BCUT2D eigenvalue weighted by Gasteiger charge is 2.09. The lowest BCUT2D eigenvalue weighted by Crippen LogP contribution is -2.18. The Hall–Kier alpha value is -1.41. The van der Waals surface area contributed by atoms with E-state index in [-0.39, 0.29) is 5.91 Å². The number of carbonyl (C=O) groups excluding carboxylic acids is 1. The molecule has 0 saturated heterocycles. The molecule has 1 amide bonds. The number of benzene rings is 2. The molecular weight excluding hydrogens is 420 g/mol. The maximum atomic E-state index is 12.4. The maximum Gasteiger partial charge on any atom is 0.258 e. The van der Waals surface area contributed by atoms with E-state index < -0.39 is 0 Å². The molecule has 1 heterocycles. The first-order valence-electron chi connectivity index (χ1n) is 8.23. The molecule has 0 saturated carbocycles. The Labute approximate surface area is 175 Å². The number of ether oxygens (including phenoxy) is 1. The highest BCUT2D eigenvalue weighted by Crippen LogP contribution is 2.24. The van der Waals surface area contributed by atoms with Crippen LogP contribution in [0.5, 0.6) is 5.75 Å². The van der Waals surface area contributed by atoms with Gasteiger partial charge in [0.05, 0.1) is 23.1 Å². The van der Waals surface area contributed by atoms with Crippen LogP contribution < -0.4 is 9.54 Å². The van der Waals surface area contributed by atoms with Crippen LogP contribution in [0.4, 0.5) is 0 Å². The summed E-state index contributed by atoms with van der Waals surface area (Å²) >= 11 is 10.6. The third kappa shape index (κ3) is 5.31. The second-order valence-electron chi connectivity index (χ2n) is 5.61. The molecule has 0 unspecified atom stereocenters. The van der Waals surface area contributed by atoms with Gasteiger partial charge in [-0.1, -0.05) is 22.9 Å². The number of thiazole rings is 1. The van der Waals surface area contributed by atoms with E-state index in [1.165, 1.54) is 23.1 Å². The zero-order valence-electron chi connectivity index (χ0n) is 15.0. The molecule has 0 aliphatic heterocycles. The van der Waals surface area contributed by atoms with Gasteiger partial charge in [0.1, 0.15) is 5.75 Å². The molecule has 3 aromatic rings. The van der Waals surface area contributed by atoms with Gasteiger partial charge in [-0.15, -0.1) is 11.8 Å². The van der Waals surface area contributed by atoms with E-state index in [0.29, 0.717) is 10.8 Å². The lowest BCUT2D eigenvalue weighted by Gasteiger charge is -2.04. The first-order valence-corrected chi connectivity index (χ1v) is 11.8. The predicted molar refractivity (Wildman–Crippen MR) is 117 cm³/mol. The number of rotatable bonds is 7. The summed E-state index contributed by atoms with van der Waals surface area (Å²) < 4.78 is 8.49. The fourth-order valence-corrected chi connectivity index (χ4v) is 4.76. The Morgan fingerprint density at radius 3 is 2.74 bits per heavy atom. The van der Waals surface area contributed by atoms with E-state index in [1.807, 2.05) is 42.5 Å². The average Bonchev–Trinajstić information content (AvgIpc) is 3.01. The lowest BCUT2D eigenvalue weighted by atomic mass is 10.3. The summed E-state index contributed by atoms with van der Waals surface area (Å²) in [5, 5.41) is 0.686. The Morgan fingerprint density at radius 2 is 2.04 bits per heavy atom. The SMILES string of the molecule is COc1ccc2c(c1)sc(=NC(=O)CSc1ccc(Cl)cc1)n2CCSC. The van der Waals surface area contributed by atoms with Crippen LogP contribution in [0.25, 0.3) is 10.2 Å². The van der Waals surface area contributed by atoms with Gasteiger partial charge >= 0.3 is 0 Å². The first-order chi connectivity index (χ1) is 13.1. The van der Waals surface area contributed by atoms with Gasteiger partial charge in [0, 0.05) is 22.2 Å². The highest BCUT2D eigenvalue weighted by atomic mass is 35.5. The molecule has 2 aromatic carbocycles. The van der Waals surface area contributed by atoms with Crippen LogP contribution in [-0.2, 0) is 11.3 Å². The number of halogens is 1. The molecule has 0 bridgehead atoms. The lowest BCUT2D eigenvalue weighted by molar-refractivity contribution is -0.115. The topological polar surface area (TPSA) is 43.6 Å². The van der Waals surface area contributed by atoms with Crippen molar-refractivity contribution in [3.05, 3.63) is 52.3 Å². The van der Waals surface area contributed by atoms with Crippen LogP contribution in [0, 0.1) is 0 Å². The third-order valence-corrected chi connectivity index (χ3v) is 6.69. The number of hydrogen-bond acceptors (Lipinski definition) is 5. The minimum Gasteiger partial charge on any atom is -0.497 e. The van der Waals surface area contributed by atoms with Crippen LogP contribution in [0.15, 0.2) is 52.4 Å². The van der Waals surface area contributed by atoms with Crippen molar-refractivity contribution in [2.75, 3.05) is 24.9 Å². The predicted octanol–water partition coefficient (Wildman–Crippen LogP) is 4.95. The molecule has 0 aliphatic rings. The Balaban J connectivity index is 1.86. The number of hydrogen-bond donors (Lipinski definition) is 0. The van der Waals surface area contributed by atoms with Gasteiger partial charge in [-0.05, 0) is 48.7 Å². The fourth-order valence-electron chi connectivity index (χ4n) is 2.48. The summed E-state index contributed by atoms with van der Waals surface area (Å²) in [4.78, 5) is 18.5. The zero-order chi connectivity index (χ0) is 19.2. The zero-order valence-corrected chi connectivity index (χ0v) is 18.2. The Bertz CT molecular complexity index is 996. The van der Waals surface area contributed by atoms with Crippen molar-refractivity contribution in [2.45, 2.75) is 11.4 Å². The molecule has 4 nitrogen and oxygen atoms in total. The number of aryl methyl sites for hydroxylation is 1. The van der Waals surface area contributed by atoms with Crippen molar-refractivity contribution in [1.82, 2.24) is 4.57 Å². The standard InChI is InChI=1S/C19H19ClN2O2S3/c1-24-14-5-8-16-17(11-14)27-19(22(16)9-10-25-2)21-18(23)12-26-15-6-3-13(20)4-7-15/h3-8,11H,9-10,12H2,1-2H3. The minimum atomic E-state index is -0.147. The third-order valence-electron chi connectivity index (χ3n) is 3.81. The first kappa shape index (κ1) is 20.3. The molecule has 142 valence electrons. The van der Waals surface area contributed by atoms with E-state index >= 15 is 0 Å². The van der Waals surface area contributed by atoms with Crippen molar-refractivity contribution >= 4 is 62.6 Å². The highest BCUT2D eigenvalue weighted by molar-refractivity contribution is 8.00. The van der Waals surface area contributed by atoms with E-state index in [4.69, 9.17) is 16.3 Å². The number of fused-ring (bicyclic) bond motifs is 1. The second-order valence-corrected chi connectivity index (χ2v) is 9.09. The Kier molecular flexibility index (Phi) is 7.29. The van der Waals surface area contributed by atoms with Crippen LogP contribution in [0.1, 0.15) is 0 Å². The van der Waals surface area contributed by atoms with Crippen molar-refractivity contribution in [3.8, 4) is 5.75 Å². The number of amides is 1. The number of carbonyl (C=O) groups is 1. The van der Waals surface area contributed by atoms with Gasteiger partial charge in [0.2, 0.25) is 0 Å². The van der Waals surface area contributed by atoms with Gasteiger partial charge in [0.15, 0.2) is 4.80 Å². The molecule has 0 spiro atoms. The maximum absolute atomic E-state index is 12.4. The van der Waals surface area contributed by atoms with Crippen LogP contribution in [-0.4, -0.2) is 35.3 Å². The molecule has 0 fully saturated rings. The van der Waals surface area contributed by atoms with E-state index in [0.717, 1.165) is 38.0 Å². The molecule has 8 heteroatoms. The normalized spacial score (nSPS) is 11.9. The fraction of sp³-hybridized carbons (Fsp3) is 0.263. The molecule has 0 atom stereocenters. The molecule has 0 aliphatic carbocycles. The van der Waals surface area contributed by atoms with E-state index in [1.54, 1.807) is 18.9 Å². The summed E-state index contributed by atoms with van der Waals surface area (Å²) in [5.74, 6) is 1.91. The van der Waals surface area contributed by atoms with Gasteiger partial charge < -0.3 is 9.30 Å². The average molecular weight is 439 g/mol. The molecule has 27 heavy (non-hydrogen) atoms. The van der Waals surface area contributed by atoms with Gasteiger partial charge in [0.25, 0.3) is 5.91 Å². The number of methoxy groups -OCH3 is 1. The van der Waals surface area contributed by atoms with E-state index in [9.17, 15) is 4.79 Å². The molecule has 0 radical (unpaired) electrons. The summed E-state index contributed by atoms with van der Waals surface area (Å²) in [6.45, 7) is 0.809. The van der Waals surface area contributed by atoms with Crippen molar-refractivity contribution in [3.63, 3.8) is 0 Å². The monoisotopic (exact) mass is 438 g/mol. The van der Waals surface area contributed by atoms with Crippen molar-refractivity contribution in [1.29, 1.82) is 0 Å². The summed E-state index contributed by atoms with van der Waals surface area (Å²) in [7, 11) is 1.65. The van der Waals surface area contributed by atoms with Crippen molar-refractivity contribution < 1.29 is 9.53 Å². The largest absolute Gasteiger partial charge is 0.497 e. The second kappa shape index (κ2) is 9.68. The van der Waals surface area contributed by atoms with Gasteiger partial charge in [-0.3, -0.25) is 4.79 Å². The van der Waals surface area contributed by atoms with Gasteiger partial charge in [-0.25, -0.2) is 0 Å². The summed E-state index contributed by atoms with van der Waals surface area (Å²) in [5.41, 5.74) is 1.08. The number of nitrogens with zero attached hydrogens (tertiary/aromatic N) is 2. The van der Waals surface area contributed by atoms with Gasteiger partial charge in [-0.2, -0.15) is 16.8 Å².